The molecule has 0 aliphatic heterocycles. The van der Waals surface area contributed by atoms with E-state index >= 15 is 0 Å². The topological polar surface area (TPSA) is 45.2 Å². The number of aryl methyl sites for hydroxylation is 1. The molecule has 0 atom stereocenters. The van der Waals surface area contributed by atoms with Crippen LogP contribution in [-0.2, 0) is 6.42 Å². The van der Waals surface area contributed by atoms with E-state index in [9.17, 15) is 4.79 Å². The van der Waals surface area contributed by atoms with Crippen molar-refractivity contribution < 1.29 is 4.79 Å². The quantitative estimate of drug-likeness (QED) is 0.888. The Labute approximate surface area is 116 Å². The Balaban J connectivity index is 3.12. The molecule has 0 spiro atoms. The monoisotopic (exact) mass is 263 g/mol. The number of rotatable bonds is 5. The van der Waals surface area contributed by atoms with Gasteiger partial charge in [-0.25, -0.2) is 4.98 Å². The second-order valence-electron chi connectivity index (χ2n) is 5.37. The molecule has 19 heavy (non-hydrogen) atoms. The number of hydrogen-bond donors (Lipinski definition) is 1. The highest BCUT2D eigenvalue weighted by atomic mass is 16.2. The summed E-state index contributed by atoms with van der Waals surface area (Å²) in [7, 11) is 3.67. The molecule has 0 fully saturated rings. The number of carbonyl (C=O) groups is 1. The van der Waals surface area contributed by atoms with Gasteiger partial charge in [0, 0.05) is 30.9 Å². The van der Waals surface area contributed by atoms with E-state index in [0.717, 1.165) is 24.4 Å². The minimum atomic E-state index is -0.146. The van der Waals surface area contributed by atoms with Crippen LogP contribution in [0.1, 0.15) is 50.2 Å². The smallest absolute Gasteiger partial charge is 0.254 e. The highest BCUT2D eigenvalue weighted by Gasteiger charge is 2.26. The molecule has 0 aliphatic carbocycles. The predicted octanol–water partition coefficient (Wildman–Crippen LogP) is 2.95. The van der Waals surface area contributed by atoms with Crippen molar-refractivity contribution in [1.29, 1.82) is 0 Å². The predicted molar refractivity (Wildman–Crippen MR) is 79.6 cm³/mol. The van der Waals surface area contributed by atoms with E-state index in [0.29, 0.717) is 5.56 Å². The first-order valence-corrected chi connectivity index (χ1v) is 6.82. The molecule has 0 bridgehead atoms. The summed E-state index contributed by atoms with van der Waals surface area (Å²) in [4.78, 5) is 18.8. The summed E-state index contributed by atoms with van der Waals surface area (Å²) >= 11 is 0. The van der Waals surface area contributed by atoms with Gasteiger partial charge in [0.2, 0.25) is 0 Å². The van der Waals surface area contributed by atoms with Gasteiger partial charge < -0.3 is 10.2 Å². The van der Waals surface area contributed by atoms with Gasteiger partial charge >= 0.3 is 0 Å². The summed E-state index contributed by atoms with van der Waals surface area (Å²) in [6.07, 6.45) is 1.73. The maximum absolute atomic E-state index is 12.6. The Morgan fingerprint density at radius 2 is 2.00 bits per heavy atom. The van der Waals surface area contributed by atoms with E-state index < -0.39 is 0 Å². The fourth-order valence-corrected chi connectivity index (χ4v) is 1.73. The Hall–Kier alpha value is -1.58. The van der Waals surface area contributed by atoms with Crippen LogP contribution >= 0.6 is 0 Å². The van der Waals surface area contributed by atoms with E-state index in [4.69, 9.17) is 0 Å². The summed E-state index contributed by atoms with van der Waals surface area (Å²) in [6, 6.07) is 3.69. The lowest BCUT2D eigenvalue weighted by Gasteiger charge is -2.35. The average molecular weight is 263 g/mol. The Morgan fingerprint density at radius 3 is 2.47 bits per heavy atom. The Kier molecular flexibility index (Phi) is 4.92. The van der Waals surface area contributed by atoms with E-state index in [2.05, 4.69) is 31.1 Å². The molecule has 0 radical (unpaired) electrons. The summed E-state index contributed by atoms with van der Waals surface area (Å²) in [5.41, 5.74) is 1.48. The molecule has 4 heteroatoms. The summed E-state index contributed by atoms with van der Waals surface area (Å²) in [6.45, 7) is 8.28. The second-order valence-corrected chi connectivity index (χ2v) is 5.37. The first-order valence-electron chi connectivity index (χ1n) is 6.82. The third-order valence-electron chi connectivity index (χ3n) is 3.82. The van der Waals surface area contributed by atoms with Gasteiger partial charge in [-0.2, -0.15) is 0 Å². The van der Waals surface area contributed by atoms with Crippen molar-refractivity contribution in [3.8, 4) is 0 Å². The van der Waals surface area contributed by atoms with Gasteiger partial charge in [0.15, 0.2) is 0 Å². The number of pyridine rings is 1. The molecule has 0 aliphatic rings. The van der Waals surface area contributed by atoms with Crippen LogP contribution in [0.25, 0.3) is 0 Å². The third-order valence-corrected chi connectivity index (χ3v) is 3.82. The molecule has 106 valence electrons. The number of hydrogen-bond acceptors (Lipinski definition) is 3. The van der Waals surface area contributed by atoms with Gasteiger partial charge in [0.25, 0.3) is 5.91 Å². The Bertz CT molecular complexity index is 432. The SMILES string of the molecule is CCc1cc(C(=O)N(C)C(C)(C)CC)cc(NC)n1. The first kappa shape index (κ1) is 15.5. The molecule has 0 unspecified atom stereocenters. The zero-order valence-electron chi connectivity index (χ0n) is 12.9. The van der Waals surface area contributed by atoms with Gasteiger partial charge in [-0.1, -0.05) is 13.8 Å². The molecular weight excluding hydrogens is 238 g/mol. The molecule has 1 heterocycles. The fraction of sp³-hybridized carbons (Fsp3) is 0.600. The molecule has 1 aromatic heterocycles. The number of anilines is 1. The number of aromatic nitrogens is 1. The van der Waals surface area contributed by atoms with Crippen molar-refractivity contribution >= 4 is 11.7 Å². The van der Waals surface area contributed by atoms with E-state index in [1.165, 1.54) is 0 Å². The van der Waals surface area contributed by atoms with E-state index in [1.807, 2.05) is 33.2 Å². The zero-order chi connectivity index (χ0) is 14.6. The standard InChI is InChI=1S/C15H25N3O/c1-7-12-9-11(10-13(16-5)17-12)14(19)18(6)15(3,4)8-2/h9-10H,7-8H2,1-6H3,(H,16,17). The van der Waals surface area contributed by atoms with Gasteiger partial charge in [-0.05, 0) is 38.8 Å². The van der Waals surface area contributed by atoms with E-state index in [-0.39, 0.29) is 11.4 Å². The van der Waals surface area contributed by atoms with Gasteiger partial charge in [0.05, 0.1) is 0 Å². The van der Waals surface area contributed by atoms with Crippen molar-refractivity contribution in [3.05, 3.63) is 23.4 Å². The second kappa shape index (κ2) is 6.04. The largest absolute Gasteiger partial charge is 0.373 e. The molecule has 1 amide bonds. The van der Waals surface area contributed by atoms with Crippen molar-refractivity contribution in [2.75, 3.05) is 19.4 Å². The minimum absolute atomic E-state index is 0.0421. The lowest BCUT2D eigenvalue weighted by atomic mass is 9.99. The van der Waals surface area contributed by atoms with Crippen LogP contribution < -0.4 is 5.32 Å². The molecule has 0 saturated carbocycles. The zero-order valence-corrected chi connectivity index (χ0v) is 12.9. The van der Waals surface area contributed by atoms with Gasteiger partial charge in [0.1, 0.15) is 5.82 Å². The number of nitrogens with one attached hydrogen (secondary N) is 1. The number of carbonyl (C=O) groups excluding carboxylic acids is 1. The van der Waals surface area contributed by atoms with Crippen molar-refractivity contribution in [3.63, 3.8) is 0 Å². The molecule has 1 aromatic rings. The van der Waals surface area contributed by atoms with Crippen LogP contribution in [0.15, 0.2) is 12.1 Å². The fourth-order valence-electron chi connectivity index (χ4n) is 1.73. The van der Waals surface area contributed by atoms with Gasteiger partial charge in [-0.15, -0.1) is 0 Å². The average Bonchev–Trinajstić information content (AvgIpc) is 2.44. The van der Waals surface area contributed by atoms with Crippen LogP contribution in [-0.4, -0.2) is 35.4 Å². The van der Waals surface area contributed by atoms with Crippen molar-refractivity contribution in [2.45, 2.75) is 46.1 Å². The van der Waals surface area contributed by atoms with Gasteiger partial charge in [-0.3, -0.25) is 4.79 Å². The summed E-state index contributed by atoms with van der Waals surface area (Å²) in [5, 5.41) is 3.01. The minimum Gasteiger partial charge on any atom is -0.373 e. The molecular formula is C15H25N3O. The molecule has 4 nitrogen and oxygen atoms in total. The van der Waals surface area contributed by atoms with E-state index in [1.54, 1.807) is 4.90 Å². The van der Waals surface area contributed by atoms with Crippen LogP contribution in [0.2, 0.25) is 0 Å². The lowest BCUT2D eigenvalue weighted by molar-refractivity contribution is 0.0620. The van der Waals surface area contributed by atoms with Crippen molar-refractivity contribution in [2.24, 2.45) is 0 Å². The highest BCUT2D eigenvalue weighted by molar-refractivity contribution is 5.95. The molecule has 1 rings (SSSR count). The number of amides is 1. The molecule has 0 saturated heterocycles. The molecule has 0 aromatic carbocycles. The third kappa shape index (κ3) is 3.46. The number of nitrogens with zero attached hydrogens (tertiary/aromatic N) is 2. The maximum atomic E-state index is 12.6. The first-order chi connectivity index (χ1) is 8.85. The lowest BCUT2D eigenvalue weighted by Crippen LogP contribution is -2.44. The summed E-state index contributed by atoms with van der Waals surface area (Å²) < 4.78 is 0. The van der Waals surface area contributed by atoms with Crippen LogP contribution in [0, 0.1) is 0 Å². The molecule has 1 N–H and O–H groups in total. The van der Waals surface area contributed by atoms with Crippen molar-refractivity contribution in [1.82, 2.24) is 9.88 Å². The summed E-state index contributed by atoms with van der Waals surface area (Å²) in [5.74, 6) is 0.783. The normalized spacial score (nSPS) is 11.3. The maximum Gasteiger partial charge on any atom is 0.254 e. The highest BCUT2D eigenvalue weighted by Crippen LogP contribution is 2.20. The van der Waals surface area contributed by atoms with Crippen LogP contribution in [0.3, 0.4) is 0 Å². The van der Waals surface area contributed by atoms with Crippen LogP contribution in [0.4, 0.5) is 5.82 Å². The van der Waals surface area contributed by atoms with Crippen LogP contribution in [0.5, 0.6) is 0 Å². The Morgan fingerprint density at radius 1 is 1.37 bits per heavy atom.